The number of halogens is 3. The smallest absolute Gasteiger partial charge is 0.385 e. The van der Waals surface area contributed by atoms with Gasteiger partial charge in [0.1, 0.15) is 0 Å². The largest absolute Gasteiger partial charge is 0.416 e. The van der Waals surface area contributed by atoms with Crippen LogP contribution in [0.15, 0.2) is 53.3 Å². The van der Waals surface area contributed by atoms with Crippen molar-refractivity contribution >= 4 is 10.9 Å². The molecule has 3 rings (SSSR count). The molecule has 0 aliphatic rings. The molecule has 2 aromatic carbocycles. The van der Waals surface area contributed by atoms with Crippen molar-refractivity contribution in [2.45, 2.75) is 25.4 Å². The van der Waals surface area contributed by atoms with Crippen molar-refractivity contribution in [2.75, 3.05) is 13.7 Å². The van der Waals surface area contributed by atoms with E-state index in [2.05, 4.69) is 4.98 Å². The predicted octanol–water partition coefficient (Wildman–Crippen LogP) is 4.37. The van der Waals surface area contributed by atoms with Crippen LogP contribution in [-0.2, 0) is 17.3 Å². The van der Waals surface area contributed by atoms with Crippen molar-refractivity contribution in [1.82, 2.24) is 9.55 Å². The third-order valence-corrected chi connectivity index (χ3v) is 4.33. The third-order valence-electron chi connectivity index (χ3n) is 4.33. The molecule has 0 aliphatic heterocycles. The molecule has 142 valence electrons. The Morgan fingerprint density at radius 3 is 2.48 bits per heavy atom. The van der Waals surface area contributed by atoms with Gasteiger partial charge in [0.2, 0.25) is 0 Å². The van der Waals surface area contributed by atoms with Gasteiger partial charge in [0.05, 0.1) is 22.5 Å². The van der Waals surface area contributed by atoms with E-state index in [-0.39, 0.29) is 5.52 Å². The lowest BCUT2D eigenvalue weighted by atomic mass is 10.1. The molecule has 0 radical (unpaired) electrons. The highest BCUT2D eigenvalue weighted by Crippen LogP contribution is 2.32. The fourth-order valence-electron chi connectivity index (χ4n) is 3.02. The molecule has 0 atom stereocenters. The minimum Gasteiger partial charge on any atom is -0.385 e. The van der Waals surface area contributed by atoms with E-state index < -0.39 is 17.4 Å². The summed E-state index contributed by atoms with van der Waals surface area (Å²) in [5.41, 5.74) is -0.194. The van der Waals surface area contributed by atoms with Gasteiger partial charge >= 0.3 is 11.9 Å². The number of methoxy groups -OCH3 is 1. The monoisotopic (exact) mass is 376 g/mol. The van der Waals surface area contributed by atoms with Crippen molar-refractivity contribution in [2.24, 2.45) is 0 Å². The Morgan fingerprint density at radius 1 is 1.07 bits per heavy atom. The van der Waals surface area contributed by atoms with Crippen LogP contribution in [0.25, 0.3) is 16.6 Å². The fourth-order valence-corrected chi connectivity index (χ4v) is 3.02. The molecule has 0 unspecified atom stereocenters. The zero-order chi connectivity index (χ0) is 19.4. The number of alkyl halides is 3. The molecule has 0 amide bonds. The van der Waals surface area contributed by atoms with Gasteiger partial charge in [-0.05, 0) is 43.5 Å². The normalized spacial score (nSPS) is 11.9. The fraction of sp³-hybridized carbons (Fsp3) is 0.300. The lowest BCUT2D eigenvalue weighted by molar-refractivity contribution is -0.137. The van der Waals surface area contributed by atoms with Gasteiger partial charge < -0.3 is 4.74 Å². The van der Waals surface area contributed by atoms with E-state index in [1.165, 1.54) is 10.6 Å². The summed E-state index contributed by atoms with van der Waals surface area (Å²) in [4.78, 5) is 16.8. The molecule has 3 aromatic rings. The van der Waals surface area contributed by atoms with Crippen LogP contribution in [0.4, 0.5) is 13.2 Å². The van der Waals surface area contributed by atoms with Crippen molar-refractivity contribution < 1.29 is 17.9 Å². The maximum Gasteiger partial charge on any atom is 0.416 e. The second kappa shape index (κ2) is 7.92. The zero-order valence-electron chi connectivity index (χ0n) is 14.8. The van der Waals surface area contributed by atoms with E-state index in [9.17, 15) is 18.0 Å². The highest BCUT2D eigenvalue weighted by atomic mass is 19.4. The van der Waals surface area contributed by atoms with Gasteiger partial charge in [0.25, 0.3) is 0 Å². The van der Waals surface area contributed by atoms with Crippen LogP contribution in [0.1, 0.15) is 24.1 Å². The summed E-state index contributed by atoms with van der Waals surface area (Å²) in [6.45, 7) is 0.581. The average Bonchev–Trinajstić information content (AvgIpc) is 2.64. The maximum atomic E-state index is 13.2. The Bertz CT molecular complexity index is 982. The van der Waals surface area contributed by atoms with E-state index in [1.807, 2.05) is 0 Å². The summed E-state index contributed by atoms with van der Waals surface area (Å²) in [6, 6.07) is 12.0. The first-order valence-electron chi connectivity index (χ1n) is 8.59. The number of hydrogen-bond acceptors (Lipinski definition) is 3. The molecular weight excluding hydrogens is 357 g/mol. The Labute approximate surface area is 154 Å². The van der Waals surface area contributed by atoms with E-state index >= 15 is 0 Å². The van der Waals surface area contributed by atoms with E-state index in [0.717, 1.165) is 25.0 Å². The first kappa shape index (κ1) is 19.1. The highest BCUT2D eigenvalue weighted by Gasteiger charge is 2.31. The molecule has 0 spiro atoms. The number of fused-ring (bicyclic) bond motifs is 1. The second-order valence-corrected chi connectivity index (χ2v) is 6.19. The molecule has 0 fully saturated rings. The number of nitrogens with zero attached hydrogens (tertiary/aromatic N) is 2. The molecule has 1 heterocycles. The number of aromatic nitrogens is 2. The molecule has 0 saturated carbocycles. The van der Waals surface area contributed by atoms with Crippen LogP contribution in [0, 0.1) is 0 Å². The van der Waals surface area contributed by atoms with Gasteiger partial charge in [-0.1, -0.05) is 24.3 Å². The predicted molar refractivity (Wildman–Crippen MR) is 97.2 cm³/mol. The van der Waals surface area contributed by atoms with E-state index in [4.69, 9.17) is 4.74 Å². The Hall–Kier alpha value is -2.67. The molecule has 0 N–H and O–H groups in total. The van der Waals surface area contributed by atoms with Crippen LogP contribution in [-0.4, -0.2) is 23.3 Å². The first-order valence-corrected chi connectivity index (χ1v) is 8.59. The van der Waals surface area contributed by atoms with Crippen LogP contribution >= 0.6 is 0 Å². The van der Waals surface area contributed by atoms with Crippen molar-refractivity contribution in [3.8, 4) is 5.69 Å². The van der Waals surface area contributed by atoms with E-state index in [1.54, 1.807) is 37.4 Å². The number of benzene rings is 2. The van der Waals surface area contributed by atoms with Crippen molar-refractivity contribution in [3.05, 3.63) is 70.3 Å². The van der Waals surface area contributed by atoms with Gasteiger partial charge in [0, 0.05) is 19.1 Å². The first-order chi connectivity index (χ1) is 12.9. The number of hydrogen-bond donors (Lipinski definition) is 0. The molecule has 27 heavy (non-hydrogen) atoms. The third kappa shape index (κ3) is 4.19. The SMILES string of the molecule is COCCCCc1nc(=O)n(-c2ccccc2)c2cc(C(F)(F)F)ccc12. The van der Waals surface area contributed by atoms with Gasteiger partial charge in [0.15, 0.2) is 0 Å². The second-order valence-electron chi connectivity index (χ2n) is 6.19. The topological polar surface area (TPSA) is 44.1 Å². The summed E-state index contributed by atoms with van der Waals surface area (Å²) < 4.78 is 45.9. The minimum atomic E-state index is -4.49. The number of rotatable bonds is 6. The summed E-state index contributed by atoms with van der Waals surface area (Å²) in [5.74, 6) is 0. The summed E-state index contributed by atoms with van der Waals surface area (Å²) in [7, 11) is 1.60. The average molecular weight is 376 g/mol. The van der Waals surface area contributed by atoms with Gasteiger partial charge in [-0.3, -0.25) is 4.57 Å². The minimum absolute atomic E-state index is 0.206. The van der Waals surface area contributed by atoms with Gasteiger partial charge in [-0.2, -0.15) is 18.2 Å². The summed E-state index contributed by atoms with van der Waals surface area (Å²) in [6.07, 6.45) is -2.49. The highest BCUT2D eigenvalue weighted by molar-refractivity contribution is 5.83. The van der Waals surface area contributed by atoms with Crippen LogP contribution < -0.4 is 5.69 Å². The van der Waals surface area contributed by atoms with E-state index in [0.29, 0.717) is 29.8 Å². The van der Waals surface area contributed by atoms with Crippen molar-refractivity contribution in [3.63, 3.8) is 0 Å². The lowest BCUT2D eigenvalue weighted by Crippen LogP contribution is -2.24. The number of para-hydroxylation sites is 1. The number of unbranched alkanes of at least 4 members (excludes halogenated alkanes) is 1. The van der Waals surface area contributed by atoms with Crippen LogP contribution in [0.3, 0.4) is 0 Å². The maximum absolute atomic E-state index is 13.2. The standard InChI is InChI=1S/C20H19F3N2O2/c1-27-12-6-5-9-17-16-11-10-14(20(21,22)23)13-18(16)25(19(26)24-17)15-7-3-2-4-8-15/h2-4,7-8,10-11,13H,5-6,9,12H2,1H3. The molecular formula is C20H19F3N2O2. The Balaban J connectivity index is 2.19. The summed E-state index contributed by atoms with van der Waals surface area (Å²) >= 11 is 0. The Morgan fingerprint density at radius 2 is 1.81 bits per heavy atom. The molecule has 0 saturated heterocycles. The molecule has 7 heteroatoms. The molecule has 1 aromatic heterocycles. The molecule has 0 aliphatic carbocycles. The van der Waals surface area contributed by atoms with Gasteiger partial charge in [-0.15, -0.1) is 0 Å². The van der Waals surface area contributed by atoms with Crippen LogP contribution in [0.5, 0.6) is 0 Å². The quantitative estimate of drug-likeness (QED) is 0.600. The van der Waals surface area contributed by atoms with Crippen LogP contribution in [0.2, 0.25) is 0 Å². The molecule has 0 bridgehead atoms. The number of ether oxygens (including phenoxy) is 1. The number of aryl methyl sites for hydroxylation is 1. The Kier molecular flexibility index (Phi) is 5.60. The lowest BCUT2D eigenvalue weighted by Gasteiger charge is -2.15. The molecule has 4 nitrogen and oxygen atoms in total. The van der Waals surface area contributed by atoms with Crippen molar-refractivity contribution in [1.29, 1.82) is 0 Å². The van der Waals surface area contributed by atoms with Gasteiger partial charge in [-0.25, -0.2) is 4.79 Å². The zero-order valence-corrected chi connectivity index (χ0v) is 14.8. The summed E-state index contributed by atoms with van der Waals surface area (Å²) in [5, 5.41) is 0.545.